The summed E-state index contributed by atoms with van der Waals surface area (Å²) in [5.74, 6) is 2.51. The summed E-state index contributed by atoms with van der Waals surface area (Å²) in [6, 6.07) is 2.72. The van der Waals surface area contributed by atoms with Crippen LogP contribution < -0.4 is 10.1 Å². The second-order valence-electron chi connectivity index (χ2n) is 2.19. The molecule has 0 unspecified atom stereocenters. The van der Waals surface area contributed by atoms with E-state index in [1.165, 1.54) is 12.1 Å². The number of nitrogens with zero attached hydrogens (tertiary/aromatic N) is 2. The molecule has 0 saturated carbocycles. The lowest BCUT2D eigenvalue weighted by atomic mass is 10.5. The number of terminal acetylenes is 1. The van der Waals surface area contributed by atoms with Crippen LogP contribution in [0.2, 0.25) is 0 Å². The highest BCUT2D eigenvalue weighted by atomic mass is 19.3. The molecule has 6 heteroatoms. The molecule has 0 bridgehead atoms. The van der Waals surface area contributed by atoms with E-state index in [-0.39, 0.29) is 5.88 Å². The molecule has 0 radical (unpaired) electrons. The molecule has 0 aromatic carbocycles. The number of ether oxygens (including phenoxy) is 1. The van der Waals surface area contributed by atoms with E-state index in [1.807, 2.05) is 0 Å². The van der Waals surface area contributed by atoms with Gasteiger partial charge in [0.25, 0.3) is 0 Å². The maximum atomic E-state index is 11.7. The second-order valence-corrected chi connectivity index (χ2v) is 2.19. The summed E-state index contributed by atoms with van der Waals surface area (Å²) in [6.07, 6.45) is 4.99. The highest BCUT2D eigenvalue weighted by molar-refractivity contribution is 5.35. The van der Waals surface area contributed by atoms with Crippen LogP contribution in [0.1, 0.15) is 0 Å². The Balaban J connectivity index is 2.56. The molecular formula is C8H7F2N3O. The van der Waals surface area contributed by atoms with Crippen LogP contribution in [-0.4, -0.2) is 23.4 Å². The molecule has 0 aliphatic rings. The van der Waals surface area contributed by atoms with Crippen molar-refractivity contribution < 1.29 is 13.5 Å². The zero-order chi connectivity index (χ0) is 10.4. The van der Waals surface area contributed by atoms with E-state index >= 15 is 0 Å². The summed E-state index contributed by atoms with van der Waals surface area (Å²) in [5, 5.41) is 9.66. The molecular weight excluding hydrogens is 192 g/mol. The number of halogens is 2. The quantitative estimate of drug-likeness (QED) is 0.738. The fourth-order valence-corrected chi connectivity index (χ4v) is 0.710. The van der Waals surface area contributed by atoms with Crippen LogP contribution in [0.3, 0.4) is 0 Å². The molecule has 0 amide bonds. The Morgan fingerprint density at radius 1 is 1.50 bits per heavy atom. The van der Waals surface area contributed by atoms with Gasteiger partial charge in [0.2, 0.25) is 5.88 Å². The minimum absolute atomic E-state index is 0.230. The monoisotopic (exact) mass is 199 g/mol. The highest BCUT2D eigenvalue weighted by Crippen LogP contribution is 2.10. The van der Waals surface area contributed by atoms with Crippen molar-refractivity contribution in [2.75, 3.05) is 11.9 Å². The predicted octanol–water partition coefficient (Wildman–Crippen LogP) is 1.12. The summed E-state index contributed by atoms with van der Waals surface area (Å²) in [4.78, 5) is 0. The average molecular weight is 199 g/mol. The molecule has 0 atom stereocenters. The first kappa shape index (κ1) is 10.2. The van der Waals surface area contributed by atoms with E-state index in [4.69, 9.17) is 6.42 Å². The molecule has 0 aliphatic heterocycles. The molecule has 14 heavy (non-hydrogen) atoms. The Morgan fingerprint density at radius 2 is 2.29 bits per heavy atom. The van der Waals surface area contributed by atoms with Crippen LogP contribution in [0.4, 0.5) is 14.6 Å². The number of alkyl halides is 2. The Bertz CT molecular complexity index is 320. The molecule has 0 fully saturated rings. The molecule has 4 nitrogen and oxygen atoms in total. The summed E-state index contributed by atoms with van der Waals surface area (Å²) in [6.45, 7) is -2.60. The van der Waals surface area contributed by atoms with Crippen LogP contribution >= 0.6 is 0 Å². The van der Waals surface area contributed by atoms with Crippen LogP contribution in [-0.2, 0) is 0 Å². The van der Waals surface area contributed by atoms with E-state index < -0.39 is 6.61 Å². The van der Waals surface area contributed by atoms with Crippen LogP contribution in [0.25, 0.3) is 0 Å². The van der Waals surface area contributed by atoms with Gasteiger partial charge in [-0.15, -0.1) is 16.6 Å². The van der Waals surface area contributed by atoms with Gasteiger partial charge < -0.3 is 10.1 Å². The molecule has 1 heterocycles. The maximum absolute atomic E-state index is 11.7. The summed E-state index contributed by atoms with van der Waals surface area (Å²) < 4.78 is 27.4. The van der Waals surface area contributed by atoms with Crippen molar-refractivity contribution >= 4 is 5.82 Å². The van der Waals surface area contributed by atoms with Gasteiger partial charge in [-0.1, -0.05) is 5.92 Å². The smallest absolute Gasteiger partial charge is 0.388 e. The first-order valence-corrected chi connectivity index (χ1v) is 3.68. The van der Waals surface area contributed by atoms with E-state index in [9.17, 15) is 8.78 Å². The van der Waals surface area contributed by atoms with E-state index in [0.717, 1.165) is 0 Å². The number of anilines is 1. The zero-order valence-corrected chi connectivity index (χ0v) is 7.08. The van der Waals surface area contributed by atoms with E-state index in [2.05, 4.69) is 26.2 Å². The molecule has 0 aliphatic carbocycles. The van der Waals surface area contributed by atoms with Gasteiger partial charge in [-0.05, 0) is 6.07 Å². The number of rotatable bonds is 4. The summed E-state index contributed by atoms with van der Waals surface area (Å²) in [7, 11) is 0. The zero-order valence-electron chi connectivity index (χ0n) is 7.08. The van der Waals surface area contributed by atoms with Crippen molar-refractivity contribution in [3.8, 4) is 18.2 Å². The normalized spacial score (nSPS) is 9.57. The van der Waals surface area contributed by atoms with E-state index in [1.54, 1.807) is 0 Å². The van der Waals surface area contributed by atoms with Crippen molar-refractivity contribution in [1.29, 1.82) is 0 Å². The van der Waals surface area contributed by atoms with E-state index in [0.29, 0.717) is 12.4 Å². The maximum Gasteiger partial charge on any atom is 0.388 e. The average Bonchev–Trinajstić information content (AvgIpc) is 2.16. The van der Waals surface area contributed by atoms with Crippen molar-refractivity contribution in [2.45, 2.75) is 6.61 Å². The van der Waals surface area contributed by atoms with Gasteiger partial charge in [0.15, 0.2) is 0 Å². The minimum atomic E-state index is -2.89. The molecule has 1 N–H and O–H groups in total. The third kappa shape index (κ3) is 3.23. The Hall–Kier alpha value is -1.90. The van der Waals surface area contributed by atoms with Gasteiger partial charge in [-0.3, -0.25) is 0 Å². The van der Waals surface area contributed by atoms with Gasteiger partial charge in [0, 0.05) is 6.07 Å². The largest absolute Gasteiger partial charge is 0.415 e. The molecule has 1 aromatic rings. The number of nitrogens with one attached hydrogen (secondary N) is 1. The van der Waals surface area contributed by atoms with Gasteiger partial charge in [-0.2, -0.15) is 8.78 Å². The van der Waals surface area contributed by atoms with Crippen molar-refractivity contribution in [1.82, 2.24) is 10.2 Å². The van der Waals surface area contributed by atoms with Crippen molar-refractivity contribution in [3.63, 3.8) is 0 Å². The Morgan fingerprint density at radius 3 is 2.79 bits per heavy atom. The lowest BCUT2D eigenvalue weighted by Crippen LogP contribution is -2.06. The molecule has 74 valence electrons. The lowest BCUT2D eigenvalue weighted by Gasteiger charge is -2.03. The van der Waals surface area contributed by atoms with Crippen LogP contribution in [0.5, 0.6) is 5.88 Å². The second kappa shape index (κ2) is 4.97. The first-order chi connectivity index (χ1) is 6.72. The fraction of sp³-hybridized carbons (Fsp3) is 0.250. The lowest BCUT2D eigenvalue weighted by molar-refractivity contribution is -0.0534. The summed E-state index contributed by atoms with van der Waals surface area (Å²) >= 11 is 0. The SMILES string of the molecule is C#CCNc1ccc(OC(F)F)nn1. The number of hydrogen-bond donors (Lipinski definition) is 1. The van der Waals surface area contributed by atoms with Crippen LogP contribution in [0.15, 0.2) is 12.1 Å². The van der Waals surface area contributed by atoms with Crippen molar-refractivity contribution in [3.05, 3.63) is 12.1 Å². The van der Waals surface area contributed by atoms with Gasteiger partial charge in [-0.25, -0.2) is 0 Å². The third-order valence-electron chi connectivity index (χ3n) is 1.22. The third-order valence-corrected chi connectivity index (χ3v) is 1.22. The highest BCUT2D eigenvalue weighted by Gasteiger charge is 2.05. The Labute approximate surface area is 79.3 Å². The molecule has 0 spiro atoms. The first-order valence-electron chi connectivity index (χ1n) is 3.68. The van der Waals surface area contributed by atoms with Gasteiger partial charge in [0.05, 0.1) is 6.54 Å². The van der Waals surface area contributed by atoms with Crippen LogP contribution in [0, 0.1) is 12.3 Å². The molecule has 1 aromatic heterocycles. The predicted molar refractivity (Wildman–Crippen MR) is 46.0 cm³/mol. The standard InChI is InChI=1S/C8H7F2N3O/c1-2-5-11-6-3-4-7(13-12-6)14-8(9)10/h1,3-4,8H,5H2,(H,11,12). The molecule has 1 rings (SSSR count). The van der Waals surface area contributed by atoms with Gasteiger partial charge >= 0.3 is 6.61 Å². The van der Waals surface area contributed by atoms with Crippen molar-refractivity contribution in [2.24, 2.45) is 0 Å². The topological polar surface area (TPSA) is 47.0 Å². The molecule has 0 saturated heterocycles. The summed E-state index contributed by atoms with van der Waals surface area (Å²) in [5.41, 5.74) is 0. The minimum Gasteiger partial charge on any atom is -0.415 e. The number of hydrogen-bond acceptors (Lipinski definition) is 4. The van der Waals surface area contributed by atoms with Gasteiger partial charge in [0.1, 0.15) is 5.82 Å². The Kier molecular flexibility index (Phi) is 3.61. The number of aromatic nitrogens is 2. The fourth-order valence-electron chi connectivity index (χ4n) is 0.710.